The molecule has 0 saturated heterocycles. The predicted molar refractivity (Wildman–Crippen MR) is 96.4 cm³/mol. The summed E-state index contributed by atoms with van der Waals surface area (Å²) in [6.07, 6.45) is 4.94. The van der Waals surface area contributed by atoms with Gasteiger partial charge in [0.15, 0.2) is 0 Å². The van der Waals surface area contributed by atoms with E-state index in [9.17, 15) is 4.79 Å². The summed E-state index contributed by atoms with van der Waals surface area (Å²) in [5.41, 5.74) is 3.69. The second-order valence-corrected chi connectivity index (χ2v) is 5.95. The highest BCUT2D eigenvalue weighted by Gasteiger charge is 2.36. The third-order valence-corrected chi connectivity index (χ3v) is 4.34. The number of benzene rings is 1. The monoisotopic (exact) mass is 363 g/mol. The minimum atomic E-state index is -0.535. The summed E-state index contributed by atoms with van der Waals surface area (Å²) >= 11 is 0. The van der Waals surface area contributed by atoms with Gasteiger partial charge in [-0.05, 0) is 35.4 Å². The fraction of sp³-hybridized carbons (Fsp3) is 0.222. The molecule has 1 aromatic carbocycles. The molecule has 4 rings (SSSR count). The van der Waals surface area contributed by atoms with Gasteiger partial charge < -0.3 is 10.1 Å². The van der Waals surface area contributed by atoms with Crippen molar-refractivity contribution in [2.45, 2.75) is 19.9 Å². The highest BCUT2D eigenvalue weighted by molar-refractivity contribution is 5.93. The first kappa shape index (κ1) is 16.8. The summed E-state index contributed by atoms with van der Waals surface area (Å²) in [6, 6.07) is 7.20. The summed E-state index contributed by atoms with van der Waals surface area (Å²) in [4.78, 5) is 21.0. The van der Waals surface area contributed by atoms with Crippen molar-refractivity contribution >= 4 is 11.9 Å². The molecule has 1 aliphatic rings. The van der Waals surface area contributed by atoms with Crippen LogP contribution in [0.25, 0.3) is 11.1 Å². The van der Waals surface area contributed by atoms with Crippen molar-refractivity contribution in [3.05, 3.63) is 59.8 Å². The average Bonchev–Trinajstić information content (AvgIpc) is 3.15. The van der Waals surface area contributed by atoms with Gasteiger partial charge in [0, 0.05) is 23.7 Å². The molecule has 1 N–H and O–H groups in total. The fourth-order valence-electron chi connectivity index (χ4n) is 3.21. The minimum Gasteiger partial charge on any atom is -0.463 e. The van der Waals surface area contributed by atoms with E-state index < -0.39 is 12.0 Å². The van der Waals surface area contributed by atoms with E-state index in [1.807, 2.05) is 31.2 Å². The molecule has 0 saturated carbocycles. The maximum atomic E-state index is 12.7. The van der Waals surface area contributed by atoms with Gasteiger partial charge in [0.2, 0.25) is 5.95 Å². The molecule has 1 aliphatic heterocycles. The van der Waals surface area contributed by atoms with Gasteiger partial charge in [-0.25, -0.2) is 14.8 Å². The Morgan fingerprint density at radius 1 is 1.26 bits per heavy atom. The number of tetrazole rings is 1. The number of carbonyl (C=O) groups is 1. The Labute approximate surface area is 155 Å². The quantitative estimate of drug-likeness (QED) is 0.701. The fourth-order valence-corrected chi connectivity index (χ4v) is 3.21. The summed E-state index contributed by atoms with van der Waals surface area (Å²) in [5.74, 6) is 0.0532. The topological polar surface area (TPSA) is 108 Å². The van der Waals surface area contributed by atoms with Gasteiger partial charge in [-0.1, -0.05) is 29.4 Å². The van der Waals surface area contributed by atoms with Gasteiger partial charge in [0.25, 0.3) is 0 Å². The number of aromatic nitrogens is 6. The van der Waals surface area contributed by atoms with Gasteiger partial charge in [0.05, 0.1) is 12.2 Å². The van der Waals surface area contributed by atoms with Crippen LogP contribution in [0.2, 0.25) is 0 Å². The Hall–Kier alpha value is -3.62. The second kappa shape index (κ2) is 6.94. The molecule has 0 bridgehead atoms. The molecular formula is C18H17N7O2. The largest absolute Gasteiger partial charge is 0.463 e. The number of fused-ring (bicyclic) bond motifs is 1. The van der Waals surface area contributed by atoms with Crippen molar-refractivity contribution in [3.8, 4) is 11.1 Å². The molecule has 1 unspecified atom stereocenters. The lowest BCUT2D eigenvalue weighted by molar-refractivity contribution is -0.139. The Morgan fingerprint density at radius 2 is 2.04 bits per heavy atom. The number of esters is 1. The van der Waals surface area contributed by atoms with Crippen molar-refractivity contribution in [3.63, 3.8) is 0 Å². The Bertz CT molecular complexity index is 1010. The van der Waals surface area contributed by atoms with Crippen LogP contribution in [-0.2, 0) is 9.53 Å². The third kappa shape index (κ3) is 2.92. The molecule has 0 fully saturated rings. The van der Waals surface area contributed by atoms with E-state index in [1.165, 1.54) is 6.33 Å². The zero-order chi connectivity index (χ0) is 18.8. The van der Waals surface area contributed by atoms with Crippen molar-refractivity contribution in [2.24, 2.45) is 0 Å². The number of hydrogen-bond acceptors (Lipinski definition) is 8. The molecule has 136 valence electrons. The number of allylic oxidation sites excluding steroid dienone is 1. The molecule has 2 aromatic heterocycles. The van der Waals surface area contributed by atoms with E-state index in [-0.39, 0.29) is 6.61 Å². The minimum absolute atomic E-state index is 0.277. The molecule has 1 atom stereocenters. The highest BCUT2D eigenvalue weighted by atomic mass is 16.5. The molecule has 0 radical (unpaired) electrons. The van der Waals surface area contributed by atoms with Gasteiger partial charge in [-0.15, -0.1) is 0 Å². The van der Waals surface area contributed by atoms with E-state index >= 15 is 0 Å². The van der Waals surface area contributed by atoms with Gasteiger partial charge in [0.1, 0.15) is 12.4 Å². The lowest BCUT2D eigenvalue weighted by Gasteiger charge is -2.28. The summed E-state index contributed by atoms with van der Waals surface area (Å²) in [7, 11) is 0. The average molecular weight is 363 g/mol. The molecule has 0 amide bonds. The smallest absolute Gasteiger partial charge is 0.338 e. The van der Waals surface area contributed by atoms with Crippen LogP contribution in [0.15, 0.2) is 54.3 Å². The number of hydrogen-bond donors (Lipinski definition) is 1. The maximum Gasteiger partial charge on any atom is 0.338 e. The first-order chi connectivity index (χ1) is 13.2. The molecule has 9 nitrogen and oxygen atoms in total. The molecular weight excluding hydrogens is 346 g/mol. The number of nitrogens with one attached hydrogen (secondary N) is 1. The van der Waals surface area contributed by atoms with Crippen LogP contribution in [0.5, 0.6) is 0 Å². The Kier molecular flexibility index (Phi) is 4.33. The predicted octanol–water partition coefficient (Wildman–Crippen LogP) is 1.98. The zero-order valence-corrected chi connectivity index (χ0v) is 14.8. The van der Waals surface area contributed by atoms with Gasteiger partial charge in [-0.3, -0.25) is 0 Å². The van der Waals surface area contributed by atoms with Crippen molar-refractivity contribution < 1.29 is 9.53 Å². The molecule has 0 spiro atoms. The van der Waals surface area contributed by atoms with E-state index in [2.05, 4.69) is 30.8 Å². The van der Waals surface area contributed by atoms with Crippen LogP contribution >= 0.6 is 0 Å². The number of rotatable bonds is 4. The summed E-state index contributed by atoms with van der Waals surface area (Å²) in [5, 5.41) is 14.9. The molecule has 3 heterocycles. The van der Waals surface area contributed by atoms with Crippen LogP contribution in [-0.4, -0.2) is 42.8 Å². The third-order valence-electron chi connectivity index (χ3n) is 4.34. The van der Waals surface area contributed by atoms with E-state index in [1.54, 1.807) is 24.0 Å². The van der Waals surface area contributed by atoms with E-state index in [0.717, 1.165) is 16.7 Å². The lowest BCUT2D eigenvalue weighted by atomic mass is 9.90. The second-order valence-electron chi connectivity index (χ2n) is 5.95. The van der Waals surface area contributed by atoms with Crippen LogP contribution in [0.1, 0.15) is 25.5 Å². The van der Waals surface area contributed by atoms with Crippen LogP contribution in [0.4, 0.5) is 5.95 Å². The number of nitrogens with zero attached hydrogens (tertiary/aromatic N) is 6. The van der Waals surface area contributed by atoms with Crippen molar-refractivity contribution in [1.29, 1.82) is 0 Å². The SMILES string of the molecule is CCOC(=O)C1=C(C)Nc2nnnn2C1c1ccccc1-c1cncnc1. The maximum absolute atomic E-state index is 12.7. The van der Waals surface area contributed by atoms with E-state index in [4.69, 9.17) is 4.74 Å². The summed E-state index contributed by atoms with van der Waals surface area (Å²) < 4.78 is 6.88. The molecule has 3 aromatic rings. The number of ether oxygens (including phenoxy) is 1. The van der Waals surface area contributed by atoms with Gasteiger partial charge in [-0.2, -0.15) is 4.68 Å². The molecule has 9 heteroatoms. The molecule has 27 heavy (non-hydrogen) atoms. The van der Waals surface area contributed by atoms with E-state index in [0.29, 0.717) is 17.2 Å². The zero-order valence-electron chi connectivity index (χ0n) is 14.8. The van der Waals surface area contributed by atoms with Crippen LogP contribution in [0.3, 0.4) is 0 Å². The first-order valence-electron chi connectivity index (χ1n) is 8.47. The van der Waals surface area contributed by atoms with Gasteiger partial charge >= 0.3 is 5.97 Å². The van der Waals surface area contributed by atoms with Crippen LogP contribution in [0, 0.1) is 0 Å². The summed E-state index contributed by atoms with van der Waals surface area (Å²) in [6.45, 7) is 3.86. The highest BCUT2D eigenvalue weighted by Crippen LogP contribution is 2.39. The van der Waals surface area contributed by atoms with Crippen LogP contribution < -0.4 is 5.32 Å². The van der Waals surface area contributed by atoms with Crippen molar-refractivity contribution in [2.75, 3.05) is 11.9 Å². The standard InChI is InChI=1S/C18H17N7O2/c1-3-27-17(26)15-11(2)21-18-22-23-24-25(18)16(15)14-7-5-4-6-13(14)12-8-19-10-20-9-12/h4-10,16H,3H2,1-2H3,(H,21,22,24). The Balaban J connectivity index is 1.93. The normalized spacial score (nSPS) is 15.9. The number of carbonyl (C=O) groups excluding carboxylic acids is 1. The molecule has 0 aliphatic carbocycles. The first-order valence-corrected chi connectivity index (χ1v) is 8.47. The van der Waals surface area contributed by atoms with Crippen molar-refractivity contribution in [1.82, 2.24) is 30.2 Å². The Morgan fingerprint density at radius 3 is 2.81 bits per heavy atom. The number of anilines is 1. The lowest BCUT2D eigenvalue weighted by Crippen LogP contribution is -2.30.